The van der Waals surface area contributed by atoms with Crippen LogP contribution in [-0.2, 0) is 0 Å². The molecule has 7 heteroatoms. The number of aryl methyl sites for hydroxylation is 1. The molecule has 0 aromatic carbocycles. The van der Waals surface area contributed by atoms with Gasteiger partial charge in [0.15, 0.2) is 0 Å². The largest absolute Gasteiger partial charge is 0.458 e. The Morgan fingerprint density at radius 3 is 2.86 bits per heavy atom. The highest BCUT2D eigenvalue weighted by molar-refractivity contribution is 6.30. The van der Waals surface area contributed by atoms with Crippen molar-refractivity contribution in [1.29, 1.82) is 0 Å². The van der Waals surface area contributed by atoms with Gasteiger partial charge in [0.2, 0.25) is 0 Å². The Labute approximate surface area is 133 Å². The summed E-state index contributed by atoms with van der Waals surface area (Å²) >= 11 is 5.74. The Hall–Kier alpha value is -2.21. The molecule has 0 spiro atoms. The summed E-state index contributed by atoms with van der Waals surface area (Å²) < 4.78 is 5.69. The number of hydrogen-bond acceptors (Lipinski definition) is 5. The molecule has 1 aliphatic heterocycles. The summed E-state index contributed by atoms with van der Waals surface area (Å²) in [5.41, 5.74) is 1.36. The normalized spacial score (nSPS) is 17.5. The van der Waals surface area contributed by atoms with Crippen molar-refractivity contribution in [3.05, 3.63) is 47.0 Å². The van der Waals surface area contributed by atoms with Gasteiger partial charge in [-0.2, -0.15) is 0 Å². The average Bonchev–Trinajstić information content (AvgIpc) is 2.98. The zero-order valence-electron chi connectivity index (χ0n) is 12.1. The van der Waals surface area contributed by atoms with Crippen molar-refractivity contribution < 1.29 is 9.53 Å². The highest BCUT2D eigenvalue weighted by Crippen LogP contribution is 2.18. The molecule has 22 heavy (non-hydrogen) atoms. The van der Waals surface area contributed by atoms with Crippen molar-refractivity contribution in [2.75, 3.05) is 13.1 Å². The van der Waals surface area contributed by atoms with Crippen molar-refractivity contribution in [3.63, 3.8) is 0 Å². The summed E-state index contributed by atoms with van der Waals surface area (Å²) in [6.07, 6.45) is 5.29. The molecule has 2 aromatic rings. The number of ether oxygens (including phenoxy) is 1. The van der Waals surface area contributed by atoms with Gasteiger partial charge in [0, 0.05) is 24.9 Å². The van der Waals surface area contributed by atoms with Gasteiger partial charge in [0.05, 0.1) is 29.5 Å². The first-order valence-corrected chi connectivity index (χ1v) is 7.36. The molecular weight excluding hydrogens is 304 g/mol. The standard InChI is InChI=1S/C15H15ClN4O2/c1-10-13(3-2-5-17-10)14(21)20-6-4-12(9-20)22-15-18-7-11(16)8-19-15/h2-3,5,7-8,12H,4,6,9H2,1H3. The van der Waals surface area contributed by atoms with Gasteiger partial charge in [-0.05, 0) is 19.1 Å². The predicted octanol–water partition coefficient (Wildman–Crippen LogP) is 2.13. The predicted molar refractivity (Wildman–Crippen MR) is 81.0 cm³/mol. The Morgan fingerprint density at radius 1 is 1.36 bits per heavy atom. The first kappa shape index (κ1) is 14.7. The van der Waals surface area contributed by atoms with Crippen LogP contribution in [0.1, 0.15) is 22.5 Å². The number of hydrogen-bond donors (Lipinski definition) is 0. The van der Waals surface area contributed by atoms with E-state index in [1.807, 2.05) is 6.92 Å². The maximum absolute atomic E-state index is 12.5. The van der Waals surface area contributed by atoms with Gasteiger partial charge in [0.1, 0.15) is 6.10 Å². The topological polar surface area (TPSA) is 68.2 Å². The minimum atomic E-state index is -0.109. The zero-order valence-corrected chi connectivity index (χ0v) is 12.8. The Balaban J connectivity index is 1.63. The maximum atomic E-state index is 12.5. The fraction of sp³-hybridized carbons (Fsp3) is 0.333. The van der Waals surface area contributed by atoms with E-state index in [0.29, 0.717) is 23.7 Å². The molecule has 0 radical (unpaired) electrons. The van der Waals surface area contributed by atoms with Gasteiger partial charge < -0.3 is 9.64 Å². The number of amides is 1. The summed E-state index contributed by atoms with van der Waals surface area (Å²) in [7, 11) is 0. The molecule has 1 aliphatic rings. The van der Waals surface area contributed by atoms with E-state index in [1.165, 1.54) is 12.4 Å². The number of likely N-dealkylation sites (tertiary alicyclic amines) is 1. The number of carbonyl (C=O) groups excluding carboxylic acids is 1. The maximum Gasteiger partial charge on any atom is 0.316 e. The number of nitrogens with zero attached hydrogens (tertiary/aromatic N) is 4. The molecule has 1 atom stereocenters. The second-order valence-corrected chi connectivity index (χ2v) is 5.54. The Kier molecular flexibility index (Phi) is 4.20. The number of aromatic nitrogens is 3. The van der Waals surface area contributed by atoms with Crippen LogP contribution < -0.4 is 4.74 Å². The minimum Gasteiger partial charge on any atom is -0.458 e. The third-order valence-electron chi connectivity index (χ3n) is 3.54. The van der Waals surface area contributed by atoms with E-state index in [0.717, 1.165) is 12.1 Å². The fourth-order valence-corrected chi connectivity index (χ4v) is 2.50. The van der Waals surface area contributed by atoms with Crippen LogP contribution in [0.15, 0.2) is 30.7 Å². The molecule has 1 amide bonds. The molecule has 1 unspecified atom stereocenters. The van der Waals surface area contributed by atoms with Crippen LogP contribution in [0.3, 0.4) is 0 Å². The molecule has 3 rings (SSSR count). The van der Waals surface area contributed by atoms with E-state index >= 15 is 0 Å². The van der Waals surface area contributed by atoms with Crippen molar-refractivity contribution in [2.24, 2.45) is 0 Å². The Bertz CT molecular complexity index is 677. The fourth-order valence-electron chi connectivity index (χ4n) is 2.40. The number of carbonyl (C=O) groups is 1. The molecule has 3 heterocycles. The third-order valence-corrected chi connectivity index (χ3v) is 3.73. The quantitative estimate of drug-likeness (QED) is 0.867. The molecule has 1 saturated heterocycles. The van der Waals surface area contributed by atoms with E-state index in [2.05, 4.69) is 15.0 Å². The summed E-state index contributed by atoms with van der Waals surface area (Å²) in [4.78, 5) is 26.4. The smallest absolute Gasteiger partial charge is 0.316 e. The van der Waals surface area contributed by atoms with Crippen LogP contribution in [-0.4, -0.2) is 45.0 Å². The lowest BCUT2D eigenvalue weighted by Gasteiger charge is -2.17. The monoisotopic (exact) mass is 318 g/mol. The zero-order chi connectivity index (χ0) is 15.5. The summed E-state index contributed by atoms with van der Waals surface area (Å²) in [6.45, 7) is 2.99. The summed E-state index contributed by atoms with van der Waals surface area (Å²) in [5.74, 6) is -0.0197. The lowest BCUT2D eigenvalue weighted by atomic mass is 10.2. The molecular formula is C15H15ClN4O2. The van der Waals surface area contributed by atoms with Crippen LogP contribution in [0.5, 0.6) is 6.01 Å². The SMILES string of the molecule is Cc1ncccc1C(=O)N1CCC(Oc2ncc(Cl)cn2)C1. The van der Waals surface area contributed by atoms with Crippen molar-refractivity contribution in [1.82, 2.24) is 19.9 Å². The minimum absolute atomic E-state index is 0.0197. The van der Waals surface area contributed by atoms with E-state index in [4.69, 9.17) is 16.3 Å². The molecule has 114 valence electrons. The van der Waals surface area contributed by atoms with Gasteiger partial charge in [-0.15, -0.1) is 0 Å². The van der Waals surface area contributed by atoms with Crippen molar-refractivity contribution in [3.8, 4) is 6.01 Å². The summed E-state index contributed by atoms with van der Waals surface area (Å²) in [5, 5.41) is 0.461. The molecule has 0 N–H and O–H groups in total. The molecule has 0 bridgehead atoms. The number of halogens is 1. The van der Waals surface area contributed by atoms with Crippen molar-refractivity contribution in [2.45, 2.75) is 19.4 Å². The van der Waals surface area contributed by atoms with Crippen LogP contribution in [0, 0.1) is 6.92 Å². The summed E-state index contributed by atoms with van der Waals surface area (Å²) in [6, 6.07) is 3.84. The molecule has 1 fully saturated rings. The lowest BCUT2D eigenvalue weighted by Crippen LogP contribution is -2.31. The number of pyridine rings is 1. The molecule has 6 nitrogen and oxygen atoms in total. The van der Waals surface area contributed by atoms with Gasteiger partial charge in [0.25, 0.3) is 5.91 Å². The van der Waals surface area contributed by atoms with Crippen LogP contribution >= 0.6 is 11.6 Å². The highest BCUT2D eigenvalue weighted by atomic mass is 35.5. The second-order valence-electron chi connectivity index (χ2n) is 5.10. The third kappa shape index (κ3) is 3.17. The molecule has 0 saturated carbocycles. The second kappa shape index (κ2) is 6.27. The van der Waals surface area contributed by atoms with Crippen LogP contribution in [0.4, 0.5) is 0 Å². The Morgan fingerprint density at radius 2 is 2.14 bits per heavy atom. The van der Waals surface area contributed by atoms with Crippen LogP contribution in [0.25, 0.3) is 0 Å². The average molecular weight is 319 g/mol. The van der Waals surface area contributed by atoms with E-state index < -0.39 is 0 Å². The van der Waals surface area contributed by atoms with E-state index in [-0.39, 0.29) is 18.0 Å². The van der Waals surface area contributed by atoms with Gasteiger partial charge >= 0.3 is 6.01 Å². The first-order valence-electron chi connectivity index (χ1n) is 6.98. The first-order chi connectivity index (χ1) is 10.6. The highest BCUT2D eigenvalue weighted by Gasteiger charge is 2.29. The number of rotatable bonds is 3. The van der Waals surface area contributed by atoms with Gasteiger partial charge in [-0.25, -0.2) is 9.97 Å². The van der Waals surface area contributed by atoms with E-state index in [9.17, 15) is 4.79 Å². The van der Waals surface area contributed by atoms with Crippen molar-refractivity contribution >= 4 is 17.5 Å². The molecule has 2 aromatic heterocycles. The van der Waals surface area contributed by atoms with Crippen LogP contribution in [0.2, 0.25) is 5.02 Å². The van der Waals surface area contributed by atoms with Gasteiger partial charge in [-0.1, -0.05) is 11.6 Å². The molecule has 0 aliphatic carbocycles. The van der Waals surface area contributed by atoms with E-state index in [1.54, 1.807) is 23.2 Å². The lowest BCUT2D eigenvalue weighted by molar-refractivity contribution is 0.0768. The van der Waals surface area contributed by atoms with Gasteiger partial charge in [-0.3, -0.25) is 9.78 Å².